The molecule has 2 aromatic heterocycles. The third-order valence-electron chi connectivity index (χ3n) is 3.41. The summed E-state index contributed by atoms with van der Waals surface area (Å²) in [7, 11) is 1.84. The highest BCUT2D eigenvalue weighted by Crippen LogP contribution is 2.24. The van der Waals surface area contributed by atoms with Gasteiger partial charge < -0.3 is 10.4 Å². The number of nitrogens with zero attached hydrogens (tertiary/aromatic N) is 3. The molecule has 6 nitrogen and oxygen atoms in total. The fraction of sp³-hybridized carbons (Fsp3) is 0.188. The second-order valence-corrected chi connectivity index (χ2v) is 6.07. The molecule has 0 bridgehead atoms. The van der Waals surface area contributed by atoms with Gasteiger partial charge in [0.25, 0.3) is 5.91 Å². The molecule has 0 saturated heterocycles. The first kappa shape index (κ1) is 15.4. The van der Waals surface area contributed by atoms with Crippen molar-refractivity contribution < 1.29 is 9.90 Å². The molecule has 0 radical (unpaired) electrons. The molecule has 2 N–H and O–H groups in total. The van der Waals surface area contributed by atoms with Crippen LogP contribution in [0.5, 0.6) is 0 Å². The summed E-state index contributed by atoms with van der Waals surface area (Å²) in [6.07, 6.45) is 5.15. The summed E-state index contributed by atoms with van der Waals surface area (Å²) < 4.78 is 1.70. The minimum Gasteiger partial charge on any atom is -0.392 e. The second kappa shape index (κ2) is 6.72. The Bertz CT molecular complexity index is 825. The van der Waals surface area contributed by atoms with Crippen molar-refractivity contribution in [3.63, 3.8) is 0 Å². The fourth-order valence-electron chi connectivity index (χ4n) is 2.19. The molecule has 0 unspecified atom stereocenters. The number of aromatic nitrogens is 3. The molecule has 2 heterocycles. The molecule has 7 heteroatoms. The number of amides is 1. The SMILES string of the molecule is Cn1cc(-c2ncc(C(=O)NCc3ccccc3CO)s2)cn1. The Labute approximate surface area is 137 Å². The Morgan fingerprint density at radius 2 is 2.09 bits per heavy atom. The van der Waals surface area contributed by atoms with Crippen LogP contribution in [-0.2, 0) is 20.2 Å². The molecular weight excluding hydrogens is 312 g/mol. The summed E-state index contributed by atoms with van der Waals surface area (Å²) in [6, 6.07) is 7.47. The predicted octanol–water partition coefficient (Wildman–Crippen LogP) is 1.97. The van der Waals surface area contributed by atoms with E-state index in [9.17, 15) is 9.90 Å². The molecule has 1 amide bonds. The lowest BCUT2D eigenvalue weighted by atomic mass is 10.1. The fourth-order valence-corrected chi connectivity index (χ4v) is 3.00. The van der Waals surface area contributed by atoms with E-state index in [1.54, 1.807) is 17.1 Å². The number of carbonyl (C=O) groups excluding carboxylic acids is 1. The summed E-state index contributed by atoms with van der Waals surface area (Å²) >= 11 is 1.33. The van der Waals surface area contributed by atoms with Crippen LogP contribution in [0, 0.1) is 0 Å². The van der Waals surface area contributed by atoms with Crippen molar-refractivity contribution in [2.75, 3.05) is 0 Å². The largest absolute Gasteiger partial charge is 0.392 e. The van der Waals surface area contributed by atoms with Gasteiger partial charge in [-0.15, -0.1) is 11.3 Å². The highest BCUT2D eigenvalue weighted by atomic mass is 32.1. The summed E-state index contributed by atoms with van der Waals surface area (Å²) in [5.74, 6) is -0.176. The number of aliphatic hydroxyl groups excluding tert-OH is 1. The third-order valence-corrected chi connectivity index (χ3v) is 4.45. The minimum atomic E-state index is -0.176. The highest BCUT2D eigenvalue weighted by molar-refractivity contribution is 7.16. The van der Waals surface area contributed by atoms with Crippen molar-refractivity contribution >= 4 is 17.2 Å². The van der Waals surface area contributed by atoms with Gasteiger partial charge in [0.1, 0.15) is 9.88 Å². The number of rotatable bonds is 5. The van der Waals surface area contributed by atoms with E-state index < -0.39 is 0 Å². The summed E-state index contributed by atoms with van der Waals surface area (Å²) in [5, 5.41) is 17.0. The van der Waals surface area contributed by atoms with Crippen LogP contribution < -0.4 is 5.32 Å². The normalized spacial score (nSPS) is 10.7. The first-order valence-electron chi connectivity index (χ1n) is 7.08. The van der Waals surface area contributed by atoms with E-state index in [-0.39, 0.29) is 12.5 Å². The molecule has 1 aromatic carbocycles. The lowest BCUT2D eigenvalue weighted by Gasteiger charge is -2.07. The van der Waals surface area contributed by atoms with Crippen LogP contribution in [0.25, 0.3) is 10.6 Å². The lowest BCUT2D eigenvalue weighted by Crippen LogP contribution is -2.22. The maximum atomic E-state index is 12.2. The zero-order valence-electron chi connectivity index (χ0n) is 12.6. The zero-order valence-corrected chi connectivity index (χ0v) is 13.4. The molecule has 0 saturated carbocycles. The van der Waals surface area contributed by atoms with Crippen LogP contribution >= 0.6 is 11.3 Å². The smallest absolute Gasteiger partial charge is 0.263 e. The minimum absolute atomic E-state index is 0.0439. The first-order chi connectivity index (χ1) is 11.2. The Morgan fingerprint density at radius 1 is 1.30 bits per heavy atom. The average Bonchev–Trinajstić information content (AvgIpc) is 3.21. The van der Waals surface area contributed by atoms with Crippen LogP contribution in [-0.4, -0.2) is 25.8 Å². The number of aliphatic hydroxyl groups is 1. The van der Waals surface area contributed by atoms with Crippen molar-refractivity contribution in [3.8, 4) is 10.6 Å². The van der Waals surface area contributed by atoms with Gasteiger partial charge in [0, 0.05) is 25.4 Å². The van der Waals surface area contributed by atoms with Gasteiger partial charge in [-0.1, -0.05) is 24.3 Å². The molecule has 3 aromatic rings. The van der Waals surface area contributed by atoms with Gasteiger partial charge in [-0.3, -0.25) is 9.48 Å². The van der Waals surface area contributed by atoms with Gasteiger partial charge in [0.2, 0.25) is 0 Å². The number of thiazole rings is 1. The first-order valence-corrected chi connectivity index (χ1v) is 7.89. The van der Waals surface area contributed by atoms with E-state index in [0.29, 0.717) is 11.4 Å². The zero-order chi connectivity index (χ0) is 16.2. The Hall–Kier alpha value is -2.51. The van der Waals surface area contributed by atoms with Crippen LogP contribution in [0.1, 0.15) is 20.8 Å². The summed E-state index contributed by atoms with van der Waals surface area (Å²) in [5.41, 5.74) is 2.61. The van der Waals surface area contributed by atoms with Crippen LogP contribution in [0.15, 0.2) is 42.9 Å². The third kappa shape index (κ3) is 3.46. The average molecular weight is 328 g/mol. The van der Waals surface area contributed by atoms with Crippen LogP contribution in [0.2, 0.25) is 0 Å². The van der Waals surface area contributed by atoms with Crippen LogP contribution in [0.4, 0.5) is 0 Å². The summed E-state index contributed by atoms with van der Waals surface area (Å²) in [4.78, 5) is 17.1. The highest BCUT2D eigenvalue weighted by Gasteiger charge is 2.13. The maximum Gasteiger partial charge on any atom is 0.263 e. The van der Waals surface area contributed by atoms with Gasteiger partial charge in [0.15, 0.2) is 0 Å². The molecule has 0 aliphatic heterocycles. The van der Waals surface area contributed by atoms with Gasteiger partial charge in [-0.25, -0.2) is 4.98 Å². The quantitative estimate of drug-likeness (QED) is 0.750. The predicted molar refractivity (Wildman–Crippen MR) is 87.9 cm³/mol. The lowest BCUT2D eigenvalue weighted by molar-refractivity contribution is 0.0954. The maximum absolute atomic E-state index is 12.2. The Morgan fingerprint density at radius 3 is 2.78 bits per heavy atom. The van der Waals surface area contributed by atoms with Gasteiger partial charge in [0.05, 0.1) is 19.0 Å². The van der Waals surface area contributed by atoms with Crippen molar-refractivity contribution in [1.82, 2.24) is 20.1 Å². The Kier molecular flexibility index (Phi) is 4.50. The monoisotopic (exact) mass is 328 g/mol. The standard InChI is InChI=1S/C16H16N4O2S/c1-20-9-13(7-19-20)16-18-8-14(23-16)15(22)17-6-11-4-2-3-5-12(11)10-21/h2-5,7-9,21H,6,10H2,1H3,(H,17,22). The topological polar surface area (TPSA) is 80.0 Å². The molecule has 3 rings (SSSR count). The summed E-state index contributed by atoms with van der Waals surface area (Å²) in [6.45, 7) is 0.327. The van der Waals surface area contributed by atoms with E-state index >= 15 is 0 Å². The van der Waals surface area contributed by atoms with Crippen molar-refractivity contribution in [3.05, 3.63) is 58.9 Å². The molecular formula is C16H16N4O2S. The van der Waals surface area contributed by atoms with E-state index in [1.807, 2.05) is 37.5 Å². The molecule has 0 aliphatic carbocycles. The molecule has 0 spiro atoms. The Balaban J connectivity index is 1.68. The van der Waals surface area contributed by atoms with E-state index in [4.69, 9.17) is 0 Å². The number of hydrogen-bond acceptors (Lipinski definition) is 5. The van der Waals surface area contributed by atoms with Gasteiger partial charge >= 0.3 is 0 Å². The van der Waals surface area contributed by atoms with Crippen molar-refractivity contribution in [1.29, 1.82) is 0 Å². The molecule has 23 heavy (non-hydrogen) atoms. The van der Waals surface area contributed by atoms with E-state index in [0.717, 1.165) is 21.7 Å². The van der Waals surface area contributed by atoms with Crippen molar-refractivity contribution in [2.45, 2.75) is 13.2 Å². The number of benzene rings is 1. The van der Waals surface area contributed by atoms with Gasteiger partial charge in [-0.2, -0.15) is 5.10 Å². The molecule has 0 fully saturated rings. The van der Waals surface area contributed by atoms with E-state index in [1.165, 1.54) is 11.3 Å². The van der Waals surface area contributed by atoms with Crippen molar-refractivity contribution in [2.24, 2.45) is 7.05 Å². The number of carbonyl (C=O) groups is 1. The second-order valence-electron chi connectivity index (χ2n) is 5.04. The molecule has 0 aliphatic rings. The number of aryl methyl sites for hydroxylation is 1. The number of hydrogen-bond donors (Lipinski definition) is 2. The molecule has 118 valence electrons. The number of nitrogens with one attached hydrogen (secondary N) is 1. The molecule has 0 atom stereocenters. The van der Waals surface area contributed by atoms with Gasteiger partial charge in [-0.05, 0) is 11.1 Å². The van der Waals surface area contributed by atoms with E-state index in [2.05, 4.69) is 15.4 Å². The van der Waals surface area contributed by atoms with Crippen LogP contribution in [0.3, 0.4) is 0 Å².